The van der Waals surface area contributed by atoms with Gasteiger partial charge in [0.2, 0.25) is 0 Å². The summed E-state index contributed by atoms with van der Waals surface area (Å²) in [7, 11) is 0. The topological polar surface area (TPSA) is 46.5 Å². The highest BCUT2D eigenvalue weighted by atomic mass is 16.5. The minimum Gasteiger partial charge on any atom is -0.490 e. The Labute approximate surface area is 108 Å². The van der Waals surface area contributed by atoms with Crippen LogP contribution in [0.4, 0.5) is 0 Å². The average molecular weight is 248 g/mol. The van der Waals surface area contributed by atoms with Gasteiger partial charge in [-0.2, -0.15) is 0 Å². The van der Waals surface area contributed by atoms with Gasteiger partial charge in [0.1, 0.15) is 5.75 Å². The molecule has 2 atom stereocenters. The molecule has 0 amide bonds. The fourth-order valence-corrected chi connectivity index (χ4v) is 2.63. The normalized spacial score (nSPS) is 23.7. The summed E-state index contributed by atoms with van der Waals surface area (Å²) in [6.07, 6.45) is 4.99. The van der Waals surface area contributed by atoms with Crippen LogP contribution < -0.4 is 4.74 Å². The Morgan fingerprint density at radius 1 is 1.39 bits per heavy atom. The van der Waals surface area contributed by atoms with E-state index in [1.165, 1.54) is 12.8 Å². The van der Waals surface area contributed by atoms with Crippen molar-refractivity contribution in [1.29, 1.82) is 0 Å². The zero-order valence-electron chi connectivity index (χ0n) is 11.0. The molecule has 0 bridgehead atoms. The number of ether oxygens (including phenoxy) is 1. The third-order valence-corrected chi connectivity index (χ3v) is 3.62. The van der Waals surface area contributed by atoms with Crippen molar-refractivity contribution in [2.75, 3.05) is 0 Å². The summed E-state index contributed by atoms with van der Waals surface area (Å²) in [6.45, 7) is 4.06. The van der Waals surface area contributed by atoms with Gasteiger partial charge >= 0.3 is 5.97 Å². The maximum Gasteiger partial charge on any atom is 0.335 e. The van der Waals surface area contributed by atoms with Crippen LogP contribution in [0.3, 0.4) is 0 Å². The molecule has 1 saturated carbocycles. The summed E-state index contributed by atoms with van der Waals surface area (Å²) in [6, 6.07) is 5.21. The molecule has 2 rings (SSSR count). The number of carboxylic acids is 1. The van der Waals surface area contributed by atoms with Gasteiger partial charge in [-0.15, -0.1) is 0 Å². The highest BCUT2D eigenvalue weighted by molar-refractivity contribution is 5.89. The number of hydrogen-bond donors (Lipinski definition) is 1. The lowest BCUT2D eigenvalue weighted by atomic mass is 9.89. The van der Waals surface area contributed by atoms with Gasteiger partial charge in [0.25, 0.3) is 0 Å². The summed E-state index contributed by atoms with van der Waals surface area (Å²) in [4.78, 5) is 10.9. The van der Waals surface area contributed by atoms with E-state index < -0.39 is 5.97 Å². The third kappa shape index (κ3) is 3.03. The summed E-state index contributed by atoms with van der Waals surface area (Å²) < 4.78 is 5.95. The molecule has 0 radical (unpaired) electrons. The molecule has 3 heteroatoms. The van der Waals surface area contributed by atoms with Crippen molar-refractivity contribution in [3.63, 3.8) is 0 Å². The number of benzene rings is 1. The SMILES string of the molecule is Cc1cc(OC2CCCC(C)C2)ccc1C(=O)O. The van der Waals surface area contributed by atoms with Crippen LogP contribution in [-0.2, 0) is 0 Å². The van der Waals surface area contributed by atoms with Crippen molar-refractivity contribution in [3.05, 3.63) is 29.3 Å². The largest absolute Gasteiger partial charge is 0.490 e. The lowest BCUT2D eigenvalue weighted by Crippen LogP contribution is -2.24. The Morgan fingerprint density at radius 3 is 2.78 bits per heavy atom. The van der Waals surface area contributed by atoms with Crippen LogP contribution in [0.5, 0.6) is 5.75 Å². The smallest absolute Gasteiger partial charge is 0.335 e. The summed E-state index contributed by atoms with van der Waals surface area (Å²) >= 11 is 0. The van der Waals surface area contributed by atoms with E-state index >= 15 is 0 Å². The van der Waals surface area contributed by atoms with Crippen molar-refractivity contribution in [2.24, 2.45) is 5.92 Å². The van der Waals surface area contributed by atoms with Crippen molar-refractivity contribution >= 4 is 5.97 Å². The van der Waals surface area contributed by atoms with Crippen molar-refractivity contribution in [2.45, 2.75) is 45.6 Å². The monoisotopic (exact) mass is 248 g/mol. The maximum atomic E-state index is 10.9. The van der Waals surface area contributed by atoms with E-state index in [1.54, 1.807) is 19.1 Å². The van der Waals surface area contributed by atoms with Gasteiger partial charge in [-0.25, -0.2) is 4.79 Å². The molecule has 1 N–H and O–H groups in total. The van der Waals surface area contributed by atoms with Gasteiger partial charge in [0, 0.05) is 0 Å². The van der Waals surface area contributed by atoms with Crippen molar-refractivity contribution < 1.29 is 14.6 Å². The molecule has 1 aromatic rings. The number of aryl methyl sites for hydroxylation is 1. The predicted molar refractivity (Wildman–Crippen MR) is 70.2 cm³/mol. The van der Waals surface area contributed by atoms with Crippen LogP contribution in [0.15, 0.2) is 18.2 Å². The Morgan fingerprint density at radius 2 is 2.17 bits per heavy atom. The zero-order valence-corrected chi connectivity index (χ0v) is 11.0. The van der Waals surface area contributed by atoms with Gasteiger partial charge in [0.15, 0.2) is 0 Å². The first kappa shape index (κ1) is 12.9. The Bertz CT molecular complexity index is 439. The number of aromatic carboxylic acids is 1. The van der Waals surface area contributed by atoms with Crippen LogP contribution in [0.1, 0.15) is 48.5 Å². The van der Waals surface area contributed by atoms with Gasteiger partial charge in [0.05, 0.1) is 11.7 Å². The molecular formula is C15H20O3. The van der Waals surface area contributed by atoms with Crippen LogP contribution in [0.2, 0.25) is 0 Å². The molecule has 1 fully saturated rings. The molecule has 1 aliphatic carbocycles. The predicted octanol–water partition coefficient (Wildman–Crippen LogP) is 3.65. The molecule has 0 saturated heterocycles. The zero-order chi connectivity index (χ0) is 13.1. The lowest BCUT2D eigenvalue weighted by Gasteiger charge is -2.27. The number of carboxylic acid groups (broad SMARTS) is 1. The van der Waals surface area contributed by atoms with Gasteiger partial charge in [-0.3, -0.25) is 0 Å². The first-order chi connectivity index (χ1) is 8.56. The molecule has 0 spiro atoms. The lowest BCUT2D eigenvalue weighted by molar-refractivity contribution is 0.0696. The quantitative estimate of drug-likeness (QED) is 0.888. The maximum absolute atomic E-state index is 10.9. The molecule has 0 aromatic heterocycles. The van der Waals surface area contributed by atoms with Crippen LogP contribution >= 0.6 is 0 Å². The molecule has 2 unspecified atom stereocenters. The molecule has 3 nitrogen and oxygen atoms in total. The van der Waals surface area contributed by atoms with Crippen molar-refractivity contribution in [3.8, 4) is 5.75 Å². The number of rotatable bonds is 3. The Kier molecular flexibility index (Phi) is 3.90. The van der Waals surface area contributed by atoms with Crippen LogP contribution in [0.25, 0.3) is 0 Å². The first-order valence-corrected chi connectivity index (χ1v) is 6.57. The minimum atomic E-state index is -0.884. The summed E-state index contributed by atoms with van der Waals surface area (Å²) in [5.41, 5.74) is 1.10. The number of carbonyl (C=O) groups is 1. The van der Waals surface area contributed by atoms with Gasteiger partial charge in [-0.1, -0.05) is 13.3 Å². The van der Waals surface area contributed by atoms with Crippen LogP contribution in [-0.4, -0.2) is 17.2 Å². The Balaban J connectivity index is 2.05. The third-order valence-electron chi connectivity index (χ3n) is 3.62. The molecule has 0 heterocycles. The van der Waals surface area contributed by atoms with Gasteiger partial charge in [-0.05, 0) is 55.9 Å². The second kappa shape index (κ2) is 5.42. The molecular weight excluding hydrogens is 228 g/mol. The van der Waals surface area contributed by atoms with E-state index in [2.05, 4.69) is 6.92 Å². The first-order valence-electron chi connectivity index (χ1n) is 6.57. The second-order valence-corrected chi connectivity index (χ2v) is 5.29. The molecule has 98 valence electrons. The van der Waals surface area contributed by atoms with Gasteiger partial charge < -0.3 is 9.84 Å². The van der Waals surface area contributed by atoms with E-state index in [4.69, 9.17) is 9.84 Å². The van der Waals surface area contributed by atoms with Crippen LogP contribution in [0, 0.1) is 12.8 Å². The fraction of sp³-hybridized carbons (Fsp3) is 0.533. The summed E-state index contributed by atoms with van der Waals surface area (Å²) in [5.74, 6) is 0.630. The molecule has 18 heavy (non-hydrogen) atoms. The van der Waals surface area contributed by atoms with E-state index in [1.807, 2.05) is 6.07 Å². The van der Waals surface area contributed by atoms with E-state index in [-0.39, 0.29) is 6.10 Å². The van der Waals surface area contributed by atoms with E-state index in [0.717, 1.165) is 30.1 Å². The molecule has 0 aliphatic heterocycles. The standard InChI is InChI=1S/C15H20O3/c1-10-4-3-5-12(8-10)18-13-6-7-14(15(16)17)11(2)9-13/h6-7,9-10,12H,3-5,8H2,1-2H3,(H,16,17). The van der Waals surface area contributed by atoms with E-state index in [9.17, 15) is 4.79 Å². The Hall–Kier alpha value is -1.51. The second-order valence-electron chi connectivity index (χ2n) is 5.29. The molecule has 1 aromatic carbocycles. The fourth-order valence-electron chi connectivity index (χ4n) is 2.63. The minimum absolute atomic E-state index is 0.281. The highest BCUT2D eigenvalue weighted by Gasteiger charge is 2.20. The number of hydrogen-bond acceptors (Lipinski definition) is 2. The highest BCUT2D eigenvalue weighted by Crippen LogP contribution is 2.28. The summed E-state index contributed by atoms with van der Waals surface area (Å²) in [5, 5.41) is 8.97. The average Bonchev–Trinajstić information content (AvgIpc) is 2.28. The molecule has 1 aliphatic rings. The van der Waals surface area contributed by atoms with E-state index in [0.29, 0.717) is 5.56 Å². The van der Waals surface area contributed by atoms with Crippen molar-refractivity contribution in [1.82, 2.24) is 0 Å².